The minimum absolute atomic E-state index is 0.00376. The van der Waals surface area contributed by atoms with Crippen LogP contribution in [0.5, 0.6) is 0 Å². The van der Waals surface area contributed by atoms with Gasteiger partial charge in [-0.15, -0.1) is 11.3 Å². The van der Waals surface area contributed by atoms with Crippen LogP contribution in [0.25, 0.3) is 0 Å². The molecule has 6 nitrogen and oxygen atoms in total. The summed E-state index contributed by atoms with van der Waals surface area (Å²) >= 11 is 1.40. The lowest BCUT2D eigenvalue weighted by Crippen LogP contribution is -2.44. The topological polar surface area (TPSA) is 73.9 Å². The molecule has 0 saturated carbocycles. The first kappa shape index (κ1) is 14.1. The smallest absolute Gasteiger partial charge is 0.263 e. The van der Waals surface area contributed by atoms with Gasteiger partial charge in [-0.25, -0.2) is 4.98 Å². The maximum absolute atomic E-state index is 12.2. The predicted molar refractivity (Wildman–Crippen MR) is 82.9 cm³/mol. The Kier molecular flexibility index (Phi) is 3.92. The van der Waals surface area contributed by atoms with Crippen LogP contribution in [0.2, 0.25) is 0 Å². The molecule has 112 valence electrons. The number of rotatable bonds is 3. The number of aryl methyl sites for hydroxylation is 2. The molecule has 2 aromatic heterocycles. The Balaban J connectivity index is 1.54. The molecule has 0 unspecified atom stereocenters. The zero-order valence-electron chi connectivity index (χ0n) is 12.2. The van der Waals surface area contributed by atoms with Crippen molar-refractivity contribution in [3.05, 3.63) is 27.8 Å². The Morgan fingerprint density at radius 1 is 1.43 bits per heavy atom. The van der Waals surface area contributed by atoms with Crippen LogP contribution < -0.4 is 10.2 Å². The summed E-state index contributed by atoms with van der Waals surface area (Å²) < 4.78 is 0. The number of nitrogens with one attached hydrogen (secondary N) is 2. The van der Waals surface area contributed by atoms with E-state index >= 15 is 0 Å². The average Bonchev–Trinajstić information content (AvgIpc) is 3.08. The summed E-state index contributed by atoms with van der Waals surface area (Å²) in [6, 6.07) is 2.29. The zero-order chi connectivity index (χ0) is 14.8. The van der Waals surface area contributed by atoms with Crippen molar-refractivity contribution < 1.29 is 4.79 Å². The fourth-order valence-electron chi connectivity index (χ4n) is 2.59. The molecule has 3 heterocycles. The largest absolute Gasteiger partial charge is 0.355 e. The molecule has 0 spiro atoms. The van der Waals surface area contributed by atoms with Crippen LogP contribution >= 0.6 is 11.3 Å². The second-order valence-corrected chi connectivity index (χ2v) is 6.27. The number of aromatic amines is 1. The maximum atomic E-state index is 12.2. The standard InChI is InChI=1S/C14H19N5OS/c1-9-7-12(18-17-9)19-5-3-11(4-6-19)16-14(20)13-10(2)15-8-21-13/h7-8,11H,3-6H2,1-2H3,(H,16,20)(H,17,18). The van der Waals surface area contributed by atoms with Gasteiger partial charge < -0.3 is 10.2 Å². The van der Waals surface area contributed by atoms with E-state index in [2.05, 4.69) is 31.5 Å². The van der Waals surface area contributed by atoms with Crippen LogP contribution in [0.1, 0.15) is 33.9 Å². The minimum atomic E-state index is 0.00376. The van der Waals surface area contributed by atoms with Crippen LogP contribution in [0.4, 0.5) is 5.82 Å². The number of H-pyrrole nitrogens is 1. The second-order valence-electron chi connectivity index (χ2n) is 5.41. The Hall–Kier alpha value is -1.89. The molecule has 1 amide bonds. The average molecular weight is 305 g/mol. The van der Waals surface area contributed by atoms with Gasteiger partial charge in [-0.2, -0.15) is 5.10 Å². The van der Waals surface area contributed by atoms with Gasteiger partial charge in [0.15, 0.2) is 5.82 Å². The number of carbonyl (C=O) groups is 1. The number of hydrogen-bond acceptors (Lipinski definition) is 5. The van der Waals surface area contributed by atoms with Gasteiger partial charge in [-0.1, -0.05) is 0 Å². The summed E-state index contributed by atoms with van der Waals surface area (Å²) in [5.74, 6) is 1.000. The molecule has 3 rings (SSSR count). The summed E-state index contributed by atoms with van der Waals surface area (Å²) in [5, 5.41) is 10.4. The molecule has 2 aromatic rings. The van der Waals surface area contributed by atoms with Gasteiger partial charge in [0.05, 0.1) is 11.2 Å². The molecule has 0 aromatic carbocycles. The molecule has 1 fully saturated rings. The van der Waals surface area contributed by atoms with Crippen molar-refractivity contribution in [2.24, 2.45) is 0 Å². The lowest BCUT2D eigenvalue weighted by molar-refractivity contribution is 0.0934. The number of thiazole rings is 1. The SMILES string of the molecule is Cc1cc(N2CCC(NC(=O)c3scnc3C)CC2)n[nH]1. The van der Waals surface area contributed by atoms with Gasteiger partial charge in [-0.05, 0) is 26.7 Å². The Morgan fingerprint density at radius 3 is 2.76 bits per heavy atom. The molecule has 1 saturated heterocycles. The molecule has 21 heavy (non-hydrogen) atoms. The van der Waals surface area contributed by atoms with Gasteiger partial charge in [0.2, 0.25) is 0 Å². The van der Waals surface area contributed by atoms with Gasteiger partial charge in [0, 0.05) is 30.9 Å². The Labute approximate surface area is 127 Å². The molecule has 2 N–H and O–H groups in total. The van der Waals surface area contributed by atoms with E-state index in [0.29, 0.717) is 0 Å². The van der Waals surface area contributed by atoms with E-state index < -0.39 is 0 Å². The van der Waals surface area contributed by atoms with Crippen molar-refractivity contribution in [3.63, 3.8) is 0 Å². The first-order valence-corrected chi connectivity index (χ1v) is 7.99. The summed E-state index contributed by atoms with van der Waals surface area (Å²) in [6.45, 7) is 5.70. The van der Waals surface area contributed by atoms with Gasteiger partial charge in [-0.3, -0.25) is 9.89 Å². The van der Waals surface area contributed by atoms with Crippen molar-refractivity contribution in [1.29, 1.82) is 0 Å². The van der Waals surface area contributed by atoms with Crippen LogP contribution in [0.3, 0.4) is 0 Å². The number of piperidine rings is 1. The Bertz CT molecular complexity index is 627. The minimum Gasteiger partial charge on any atom is -0.355 e. The highest BCUT2D eigenvalue weighted by Crippen LogP contribution is 2.19. The monoisotopic (exact) mass is 305 g/mol. The fraction of sp³-hybridized carbons (Fsp3) is 0.500. The van der Waals surface area contributed by atoms with Crippen molar-refractivity contribution >= 4 is 23.1 Å². The van der Waals surface area contributed by atoms with E-state index in [1.807, 2.05) is 13.8 Å². The highest BCUT2D eigenvalue weighted by atomic mass is 32.1. The quantitative estimate of drug-likeness (QED) is 0.908. The summed E-state index contributed by atoms with van der Waals surface area (Å²) in [5.41, 5.74) is 3.59. The van der Waals surface area contributed by atoms with E-state index in [1.54, 1.807) is 5.51 Å². The molecule has 7 heteroatoms. The number of carbonyl (C=O) groups excluding carboxylic acids is 1. The van der Waals surface area contributed by atoms with E-state index in [0.717, 1.165) is 48.0 Å². The molecule has 0 aliphatic carbocycles. The van der Waals surface area contributed by atoms with Crippen LogP contribution in [0, 0.1) is 13.8 Å². The molecule has 0 radical (unpaired) electrons. The highest BCUT2D eigenvalue weighted by Gasteiger charge is 2.23. The van der Waals surface area contributed by atoms with Crippen molar-refractivity contribution in [1.82, 2.24) is 20.5 Å². The number of amides is 1. The van der Waals surface area contributed by atoms with Crippen molar-refractivity contribution in [2.75, 3.05) is 18.0 Å². The zero-order valence-corrected chi connectivity index (χ0v) is 13.0. The molecule has 0 bridgehead atoms. The van der Waals surface area contributed by atoms with Crippen LogP contribution in [-0.2, 0) is 0 Å². The van der Waals surface area contributed by atoms with Crippen molar-refractivity contribution in [2.45, 2.75) is 32.7 Å². The van der Waals surface area contributed by atoms with E-state index in [4.69, 9.17) is 0 Å². The van der Waals surface area contributed by atoms with Crippen LogP contribution in [-0.4, -0.2) is 40.2 Å². The molecular weight excluding hydrogens is 286 g/mol. The fourth-order valence-corrected chi connectivity index (χ4v) is 3.29. The van der Waals surface area contributed by atoms with Crippen LogP contribution in [0.15, 0.2) is 11.6 Å². The van der Waals surface area contributed by atoms with E-state index in [9.17, 15) is 4.79 Å². The number of anilines is 1. The second kappa shape index (κ2) is 5.85. The first-order valence-electron chi connectivity index (χ1n) is 7.11. The van der Waals surface area contributed by atoms with Gasteiger partial charge in [0.1, 0.15) is 4.88 Å². The van der Waals surface area contributed by atoms with E-state index in [1.165, 1.54) is 11.3 Å². The molecule has 1 aliphatic heterocycles. The third-order valence-corrected chi connectivity index (χ3v) is 4.73. The highest BCUT2D eigenvalue weighted by molar-refractivity contribution is 7.11. The molecular formula is C14H19N5OS. The van der Waals surface area contributed by atoms with Crippen molar-refractivity contribution in [3.8, 4) is 0 Å². The number of aromatic nitrogens is 3. The lowest BCUT2D eigenvalue weighted by Gasteiger charge is -2.32. The third kappa shape index (κ3) is 3.07. The van der Waals surface area contributed by atoms with E-state index in [-0.39, 0.29) is 11.9 Å². The van der Waals surface area contributed by atoms with Gasteiger partial charge >= 0.3 is 0 Å². The predicted octanol–water partition coefficient (Wildman–Crippen LogP) is 1.88. The number of nitrogens with zero attached hydrogens (tertiary/aromatic N) is 3. The summed E-state index contributed by atoms with van der Waals surface area (Å²) in [7, 11) is 0. The summed E-state index contributed by atoms with van der Waals surface area (Å²) in [6.07, 6.45) is 1.88. The number of hydrogen-bond donors (Lipinski definition) is 2. The summed E-state index contributed by atoms with van der Waals surface area (Å²) in [4.78, 5) is 19.3. The third-order valence-electron chi connectivity index (χ3n) is 3.80. The lowest BCUT2D eigenvalue weighted by atomic mass is 10.0. The van der Waals surface area contributed by atoms with Gasteiger partial charge in [0.25, 0.3) is 5.91 Å². The first-order chi connectivity index (χ1) is 10.1. The maximum Gasteiger partial charge on any atom is 0.263 e. The molecule has 0 atom stereocenters. The normalized spacial score (nSPS) is 16.2. The Morgan fingerprint density at radius 2 is 2.19 bits per heavy atom. The molecule has 1 aliphatic rings.